The zero-order valence-electron chi connectivity index (χ0n) is 16.3. The first-order valence-corrected chi connectivity index (χ1v) is 9.64. The number of carbonyl (C=O) groups excluding carboxylic acids is 2. The van der Waals surface area contributed by atoms with Gasteiger partial charge in [0.15, 0.2) is 0 Å². The molecule has 3 aromatic rings. The molecule has 5 rings (SSSR count). The Bertz CT molecular complexity index is 1120. The maximum absolute atomic E-state index is 13.5. The van der Waals surface area contributed by atoms with Gasteiger partial charge in [0.2, 0.25) is 5.91 Å². The molecule has 29 heavy (non-hydrogen) atoms. The second kappa shape index (κ2) is 6.27. The molecule has 0 aliphatic carbocycles. The summed E-state index contributed by atoms with van der Waals surface area (Å²) in [5.74, 6) is -0.177. The minimum Gasteiger partial charge on any atom is -0.330 e. The maximum Gasteiger partial charge on any atom is 0.257 e. The number of pyridine rings is 1. The van der Waals surface area contributed by atoms with E-state index in [1.165, 1.54) is 0 Å². The summed E-state index contributed by atoms with van der Waals surface area (Å²) >= 11 is 0. The number of fused-ring (bicyclic) bond motifs is 2. The molecule has 1 aromatic carbocycles. The molecule has 1 fully saturated rings. The SMILES string of the molecule is Cc1c(C(=O)N2CCC3(C(=O)Nc4ccccc43)C2c2cccnc2)cnn1C. The van der Waals surface area contributed by atoms with E-state index in [1.54, 1.807) is 23.3 Å². The molecule has 7 nitrogen and oxygen atoms in total. The summed E-state index contributed by atoms with van der Waals surface area (Å²) in [5, 5.41) is 7.25. The third kappa shape index (κ3) is 2.36. The first-order chi connectivity index (χ1) is 14.0. The van der Waals surface area contributed by atoms with Crippen LogP contribution in [0.3, 0.4) is 0 Å². The van der Waals surface area contributed by atoms with Crippen LogP contribution in [0.2, 0.25) is 0 Å². The van der Waals surface area contributed by atoms with Crippen LogP contribution in [0.25, 0.3) is 0 Å². The number of anilines is 1. The second-order valence-electron chi connectivity index (χ2n) is 7.68. The van der Waals surface area contributed by atoms with Crippen molar-refractivity contribution >= 4 is 17.5 Å². The van der Waals surface area contributed by atoms with Crippen LogP contribution < -0.4 is 5.32 Å². The van der Waals surface area contributed by atoms with Crippen molar-refractivity contribution < 1.29 is 9.59 Å². The molecular formula is C22H21N5O2. The number of para-hydroxylation sites is 1. The Morgan fingerprint density at radius 2 is 2.03 bits per heavy atom. The average Bonchev–Trinajstić information content (AvgIpc) is 3.38. The van der Waals surface area contributed by atoms with Crippen molar-refractivity contribution in [3.05, 3.63) is 77.4 Å². The minimum absolute atomic E-state index is 0.0641. The molecule has 2 unspecified atom stereocenters. The number of benzene rings is 1. The smallest absolute Gasteiger partial charge is 0.257 e. The molecule has 1 spiro atoms. The molecule has 0 bridgehead atoms. The van der Waals surface area contributed by atoms with Crippen molar-refractivity contribution in [3.63, 3.8) is 0 Å². The number of hydrogen-bond donors (Lipinski definition) is 1. The summed E-state index contributed by atoms with van der Waals surface area (Å²) in [7, 11) is 1.82. The van der Waals surface area contributed by atoms with Gasteiger partial charge in [-0.1, -0.05) is 24.3 Å². The van der Waals surface area contributed by atoms with Crippen molar-refractivity contribution in [2.45, 2.75) is 24.8 Å². The summed E-state index contributed by atoms with van der Waals surface area (Å²) in [6, 6.07) is 11.1. The third-order valence-electron chi connectivity index (χ3n) is 6.31. The normalized spacial score (nSPS) is 22.8. The maximum atomic E-state index is 13.5. The predicted molar refractivity (Wildman–Crippen MR) is 107 cm³/mol. The Hall–Kier alpha value is -3.48. The van der Waals surface area contributed by atoms with E-state index >= 15 is 0 Å². The zero-order valence-corrected chi connectivity index (χ0v) is 16.3. The second-order valence-corrected chi connectivity index (χ2v) is 7.68. The lowest BCUT2D eigenvalue weighted by molar-refractivity contribution is -0.121. The summed E-state index contributed by atoms with van der Waals surface area (Å²) in [5.41, 5.74) is 3.15. The molecular weight excluding hydrogens is 366 g/mol. The number of aryl methyl sites for hydroxylation is 1. The van der Waals surface area contributed by atoms with E-state index < -0.39 is 11.5 Å². The van der Waals surface area contributed by atoms with Gasteiger partial charge in [0.25, 0.3) is 5.91 Å². The fourth-order valence-corrected chi connectivity index (χ4v) is 4.77. The quantitative estimate of drug-likeness (QED) is 0.733. The Morgan fingerprint density at radius 1 is 1.21 bits per heavy atom. The fourth-order valence-electron chi connectivity index (χ4n) is 4.77. The molecule has 0 saturated carbocycles. The molecule has 2 aliphatic heterocycles. The number of carbonyl (C=O) groups is 2. The van der Waals surface area contributed by atoms with Crippen LogP contribution in [0.5, 0.6) is 0 Å². The van der Waals surface area contributed by atoms with E-state index in [1.807, 2.05) is 55.3 Å². The van der Waals surface area contributed by atoms with Gasteiger partial charge in [0.05, 0.1) is 17.8 Å². The van der Waals surface area contributed by atoms with Gasteiger partial charge in [-0.25, -0.2) is 0 Å². The highest BCUT2D eigenvalue weighted by Crippen LogP contribution is 2.54. The van der Waals surface area contributed by atoms with Crippen molar-refractivity contribution in [2.75, 3.05) is 11.9 Å². The standard InChI is InChI=1S/C22H21N5O2/c1-14-16(13-24-26(14)2)20(28)27-11-9-22(19(27)15-6-5-10-23-12-15)17-7-3-4-8-18(17)25-21(22)29/h3-8,10,12-13,19H,9,11H2,1-2H3,(H,25,29). The number of amides is 2. The van der Waals surface area contributed by atoms with Gasteiger partial charge in [-0.3, -0.25) is 19.3 Å². The molecule has 4 heterocycles. The summed E-state index contributed by atoms with van der Waals surface area (Å²) in [4.78, 5) is 32.9. The molecule has 0 radical (unpaired) electrons. The summed E-state index contributed by atoms with van der Waals surface area (Å²) in [6.07, 6.45) is 5.61. The monoisotopic (exact) mass is 387 g/mol. The van der Waals surface area contributed by atoms with Gasteiger partial charge >= 0.3 is 0 Å². The average molecular weight is 387 g/mol. The van der Waals surface area contributed by atoms with E-state index in [0.29, 0.717) is 18.5 Å². The van der Waals surface area contributed by atoms with E-state index in [-0.39, 0.29) is 11.8 Å². The van der Waals surface area contributed by atoms with Gasteiger partial charge < -0.3 is 10.2 Å². The van der Waals surface area contributed by atoms with Gasteiger partial charge in [-0.05, 0) is 36.6 Å². The van der Waals surface area contributed by atoms with Crippen LogP contribution in [0.1, 0.15) is 39.6 Å². The number of hydrogen-bond acceptors (Lipinski definition) is 4. The number of nitrogens with zero attached hydrogens (tertiary/aromatic N) is 4. The van der Waals surface area contributed by atoms with Gasteiger partial charge in [-0.15, -0.1) is 0 Å². The van der Waals surface area contributed by atoms with E-state index in [0.717, 1.165) is 22.5 Å². The van der Waals surface area contributed by atoms with Crippen LogP contribution in [-0.2, 0) is 17.3 Å². The molecule has 1 saturated heterocycles. The number of aromatic nitrogens is 3. The molecule has 2 aromatic heterocycles. The van der Waals surface area contributed by atoms with Crippen LogP contribution >= 0.6 is 0 Å². The number of nitrogens with one attached hydrogen (secondary N) is 1. The molecule has 2 amide bonds. The van der Waals surface area contributed by atoms with E-state index in [4.69, 9.17) is 0 Å². The molecule has 1 N–H and O–H groups in total. The lowest BCUT2D eigenvalue weighted by atomic mass is 9.73. The van der Waals surface area contributed by atoms with Crippen molar-refractivity contribution in [2.24, 2.45) is 7.05 Å². The van der Waals surface area contributed by atoms with Gasteiger partial charge in [0, 0.05) is 37.4 Å². The van der Waals surface area contributed by atoms with Crippen LogP contribution in [0.15, 0.2) is 55.0 Å². The Balaban J connectivity index is 1.68. The highest BCUT2D eigenvalue weighted by Gasteiger charge is 2.59. The predicted octanol–water partition coefficient (Wildman–Crippen LogP) is 2.60. The molecule has 7 heteroatoms. The van der Waals surface area contributed by atoms with Crippen molar-refractivity contribution in [1.29, 1.82) is 0 Å². The first-order valence-electron chi connectivity index (χ1n) is 9.64. The number of likely N-dealkylation sites (tertiary alicyclic amines) is 1. The lowest BCUT2D eigenvalue weighted by Gasteiger charge is -2.34. The Kier molecular flexibility index (Phi) is 3.81. The topological polar surface area (TPSA) is 80.1 Å². The van der Waals surface area contributed by atoms with Crippen LogP contribution in [0.4, 0.5) is 5.69 Å². The molecule has 2 atom stereocenters. The Labute approximate surface area is 168 Å². The largest absolute Gasteiger partial charge is 0.330 e. The molecule has 146 valence electrons. The van der Waals surface area contributed by atoms with Crippen LogP contribution in [0, 0.1) is 6.92 Å². The lowest BCUT2D eigenvalue weighted by Crippen LogP contribution is -2.42. The zero-order chi connectivity index (χ0) is 20.2. The fraction of sp³-hybridized carbons (Fsp3) is 0.273. The molecule has 2 aliphatic rings. The highest BCUT2D eigenvalue weighted by molar-refractivity contribution is 6.08. The van der Waals surface area contributed by atoms with Crippen molar-refractivity contribution in [1.82, 2.24) is 19.7 Å². The van der Waals surface area contributed by atoms with Crippen molar-refractivity contribution in [3.8, 4) is 0 Å². The Morgan fingerprint density at radius 3 is 2.76 bits per heavy atom. The number of rotatable bonds is 2. The van der Waals surface area contributed by atoms with E-state index in [9.17, 15) is 9.59 Å². The summed E-state index contributed by atoms with van der Waals surface area (Å²) < 4.78 is 1.69. The summed E-state index contributed by atoms with van der Waals surface area (Å²) in [6.45, 7) is 2.36. The van der Waals surface area contributed by atoms with Gasteiger partial charge in [0.1, 0.15) is 5.41 Å². The minimum atomic E-state index is -0.828. The third-order valence-corrected chi connectivity index (χ3v) is 6.31. The highest BCUT2D eigenvalue weighted by atomic mass is 16.2. The first kappa shape index (κ1) is 17.6. The van der Waals surface area contributed by atoms with Gasteiger partial charge in [-0.2, -0.15) is 5.10 Å². The van der Waals surface area contributed by atoms with E-state index in [2.05, 4.69) is 15.4 Å². The van der Waals surface area contributed by atoms with Crippen LogP contribution in [-0.4, -0.2) is 38.0 Å².